The predicted octanol–water partition coefficient (Wildman–Crippen LogP) is 9.15. The molecule has 2 nitrogen and oxygen atoms in total. The van der Waals surface area contributed by atoms with Gasteiger partial charge in [0.2, 0.25) is 0 Å². The molecule has 9 atom stereocenters. The van der Waals surface area contributed by atoms with Crippen LogP contribution in [0.3, 0.4) is 0 Å². The van der Waals surface area contributed by atoms with Gasteiger partial charge in [-0.25, -0.2) is 0 Å². The summed E-state index contributed by atoms with van der Waals surface area (Å²) in [6.07, 6.45) is 5.38. The highest BCUT2D eigenvalue weighted by molar-refractivity contribution is 14.2. The summed E-state index contributed by atoms with van der Waals surface area (Å²) in [6.45, 7) is 11.1. The SMILES string of the molecule is C[C@H](CCC(C)(C)O)C1CCC2C3CC[C@H]4C[C@](OSI)(C(F)(F)F)CC[C@]4(C)C3CC[C@@]21C. The van der Waals surface area contributed by atoms with Gasteiger partial charge in [-0.05, 0) is 131 Å². The fraction of sp³-hybridized carbons (Fsp3) is 1.00. The van der Waals surface area contributed by atoms with Gasteiger partial charge in [0.05, 0.1) is 14.8 Å². The van der Waals surface area contributed by atoms with Crippen LogP contribution >= 0.6 is 30.4 Å². The summed E-state index contributed by atoms with van der Waals surface area (Å²) in [4.78, 5) is 0. The highest BCUT2D eigenvalue weighted by atomic mass is 127. The molecule has 0 radical (unpaired) electrons. The fourth-order valence-corrected chi connectivity index (χ4v) is 10.8. The zero-order valence-electron chi connectivity index (χ0n) is 21.5. The fourth-order valence-electron chi connectivity index (χ4n) is 9.43. The van der Waals surface area contributed by atoms with Gasteiger partial charge in [0.25, 0.3) is 0 Å². The summed E-state index contributed by atoms with van der Waals surface area (Å²) >= 11 is 1.84. The first-order valence-corrected chi connectivity index (χ1v) is 16.7. The Labute approximate surface area is 221 Å². The number of rotatable bonds is 6. The molecule has 0 bridgehead atoms. The average molecular weight is 617 g/mol. The highest BCUT2D eigenvalue weighted by Crippen LogP contribution is 2.70. The molecule has 0 aliphatic heterocycles. The Bertz CT molecular complexity index is 742. The van der Waals surface area contributed by atoms with Crippen LogP contribution in [-0.2, 0) is 4.18 Å². The molecule has 0 heterocycles. The maximum atomic E-state index is 14.1. The van der Waals surface area contributed by atoms with Gasteiger partial charge < -0.3 is 5.11 Å². The van der Waals surface area contributed by atoms with Crippen molar-refractivity contribution >= 4 is 30.4 Å². The first-order valence-electron chi connectivity index (χ1n) is 13.4. The van der Waals surface area contributed by atoms with Gasteiger partial charge in [0.15, 0.2) is 5.60 Å². The lowest BCUT2D eigenvalue weighted by molar-refractivity contribution is -0.275. The molecule has 0 saturated heterocycles. The van der Waals surface area contributed by atoms with Crippen LogP contribution in [0.15, 0.2) is 0 Å². The predicted molar refractivity (Wildman–Crippen MR) is 141 cm³/mol. The van der Waals surface area contributed by atoms with E-state index in [9.17, 15) is 18.3 Å². The number of halogens is 4. The first-order chi connectivity index (χ1) is 15.7. The zero-order chi connectivity index (χ0) is 25.2. The van der Waals surface area contributed by atoms with Crippen LogP contribution < -0.4 is 0 Å². The lowest BCUT2D eigenvalue weighted by Crippen LogP contribution is -2.59. The van der Waals surface area contributed by atoms with Crippen molar-refractivity contribution in [1.29, 1.82) is 0 Å². The molecule has 4 aliphatic rings. The number of aliphatic hydroxyl groups is 1. The van der Waals surface area contributed by atoms with Crippen molar-refractivity contribution in [1.82, 2.24) is 0 Å². The monoisotopic (exact) mass is 616 g/mol. The van der Waals surface area contributed by atoms with E-state index >= 15 is 0 Å². The van der Waals surface area contributed by atoms with Crippen molar-refractivity contribution in [2.75, 3.05) is 0 Å². The van der Waals surface area contributed by atoms with E-state index in [1.54, 1.807) is 0 Å². The highest BCUT2D eigenvalue weighted by Gasteiger charge is 2.66. The van der Waals surface area contributed by atoms with Gasteiger partial charge >= 0.3 is 6.18 Å². The van der Waals surface area contributed by atoms with Crippen LogP contribution in [0.4, 0.5) is 13.2 Å². The summed E-state index contributed by atoms with van der Waals surface area (Å²) in [5.41, 5.74) is -2.24. The molecule has 7 heteroatoms. The molecule has 0 spiro atoms. The molecule has 0 aromatic carbocycles. The van der Waals surface area contributed by atoms with Crippen LogP contribution in [0.2, 0.25) is 0 Å². The first kappa shape index (κ1) is 27.8. The van der Waals surface area contributed by atoms with E-state index in [0.717, 1.165) is 34.9 Å². The van der Waals surface area contributed by atoms with Gasteiger partial charge in [-0.2, -0.15) is 13.2 Å². The lowest BCUT2D eigenvalue weighted by Gasteiger charge is -2.62. The average Bonchev–Trinajstić information content (AvgIpc) is 3.08. The molecule has 0 aromatic rings. The van der Waals surface area contributed by atoms with Gasteiger partial charge in [-0.1, -0.05) is 20.8 Å². The van der Waals surface area contributed by atoms with E-state index in [1.807, 2.05) is 35.1 Å². The van der Waals surface area contributed by atoms with Crippen LogP contribution in [0.5, 0.6) is 0 Å². The van der Waals surface area contributed by atoms with Gasteiger partial charge in [0.1, 0.15) is 0 Å². The number of fused-ring (bicyclic) bond motifs is 5. The number of alkyl halides is 3. The Morgan fingerprint density at radius 1 is 1.00 bits per heavy atom. The van der Waals surface area contributed by atoms with Crippen LogP contribution in [0.25, 0.3) is 0 Å². The van der Waals surface area contributed by atoms with Crippen LogP contribution in [-0.4, -0.2) is 22.5 Å². The Kier molecular flexibility index (Phi) is 7.78. The van der Waals surface area contributed by atoms with Gasteiger partial charge in [-0.15, -0.1) is 0 Å². The summed E-state index contributed by atoms with van der Waals surface area (Å²) in [7, 11) is 0.850. The van der Waals surface area contributed by atoms with Crippen LogP contribution in [0.1, 0.15) is 105 Å². The van der Waals surface area contributed by atoms with Gasteiger partial charge in [0, 0.05) is 21.2 Å². The minimum absolute atomic E-state index is 0.00289. The van der Waals surface area contributed by atoms with Gasteiger partial charge in [-0.3, -0.25) is 4.18 Å². The molecular weight excluding hydrogens is 572 g/mol. The maximum absolute atomic E-state index is 14.1. The number of hydrogen-bond donors (Lipinski definition) is 1. The van der Waals surface area contributed by atoms with Crippen molar-refractivity contribution in [3.63, 3.8) is 0 Å². The Morgan fingerprint density at radius 2 is 1.68 bits per heavy atom. The topological polar surface area (TPSA) is 29.5 Å². The van der Waals surface area contributed by atoms with Crippen molar-refractivity contribution in [2.45, 2.75) is 123 Å². The molecule has 4 rings (SSSR count). The van der Waals surface area contributed by atoms with Crippen molar-refractivity contribution in [3.05, 3.63) is 0 Å². The third kappa shape index (κ3) is 4.72. The smallest absolute Gasteiger partial charge is 0.390 e. The van der Waals surface area contributed by atoms with Crippen molar-refractivity contribution < 1.29 is 22.5 Å². The molecule has 4 saturated carbocycles. The summed E-state index contributed by atoms with van der Waals surface area (Å²) in [5.74, 6) is 3.31. The second-order valence-electron chi connectivity index (χ2n) is 13.6. The Balaban J connectivity index is 1.50. The van der Waals surface area contributed by atoms with E-state index in [4.69, 9.17) is 4.18 Å². The van der Waals surface area contributed by atoms with E-state index in [0.29, 0.717) is 41.4 Å². The molecule has 4 aliphatic carbocycles. The van der Waals surface area contributed by atoms with E-state index in [1.165, 1.54) is 25.7 Å². The largest absolute Gasteiger partial charge is 0.418 e. The molecule has 0 aromatic heterocycles. The molecule has 4 fully saturated rings. The standard InChI is InChI=1S/C27H44F3IO2S/c1-17(10-12-23(2,3)32)20-8-9-21-19-7-6-18-16-26(33-34-31,27(28,29)30)15-14-24(18,4)22(19)11-13-25(20,21)5/h17-22,32H,6-16H2,1-5H3/t17-,18+,19?,20?,21?,22?,24+,25-,26+/m1/s1. The third-order valence-corrected chi connectivity index (χ3v) is 12.3. The summed E-state index contributed by atoms with van der Waals surface area (Å²) in [6, 6.07) is 0. The van der Waals surface area contributed by atoms with Crippen LogP contribution in [0, 0.1) is 46.3 Å². The molecule has 34 heavy (non-hydrogen) atoms. The Hall–Kier alpha value is 0.790. The Morgan fingerprint density at radius 3 is 2.29 bits per heavy atom. The van der Waals surface area contributed by atoms with Crippen molar-refractivity contribution in [2.24, 2.45) is 46.3 Å². The molecular formula is C27H44F3IO2S. The zero-order valence-corrected chi connectivity index (χ0v) is 24.5. The van der Waals surface area contributed by atoms with E-state index in [2.05, 4.69) is 20.8 Å². The third-order valence-electron chi connectivity index (χ3n) is 11.4. The maximum Gasteiger partial charge on any atom is 0.418 e. The minimum Gasteiger partial charge on any atom is -0.390 e. The van der Waals surface area contributed by atoms with E-state index in [-0.39, 0.29) is 24.2 Å². The molecule has 0 amide bonds. The van der Waals surface area contributed by atoms with E-state index < -0.39 is 17.4 Å². The normalized spacial score (nSPS) is 45.9. The molecule has 198 valence electrons. The summed E-state index contributed by atoms with van der Waals surface area (Å²) in [5, 5.41) is 10.2. The molecule has 1 N–H and O–H groups in total. The lowest BCUT2D eigenvalue weighted by atomic mass is 9.43. The molecule has 4 unspecified atom stereocenters. The second-order valence-corrected chi connectivity index (χ2v) is 14.9. The van der Waals surface area contributed by atoms with Crippen molar-refractivity contribution in [3.8, 4) is 0 Å². The second kappa shape index (κ2) is 9.52. The quantitative estimate of drug-likeness (QED) is 0.239. The summed E-state index contributed by atoms with van der Waals surface area (Å²) < 4.78 is 47.8. The number of hydrogen-bond acceptors (Lipinski definition) is 3. The minimum atomic E-state index is -4.31.